The molecule has 9 heteroatoms. The van der Waals surface area contributed by atoms with Crippen LogP contribution >= 0.6 is 0 Å². The molecule has 6 nitrogen and oxygen atoms in total. The fourth-order valence-electron chi connectivity index (χ4n) is 3.56. The fourth-order valence-corrected chi connectivity index (χ4v) is 3.56. The minimum absolute atomic E-state index is 0.0166. The second-order valence-corrected chi connectivity index (χ2v) is 9.11. The first kappa shape index (κ1) is 23.0. The van der Waals surface area contributed by atoms with Crippen LogP contribution in [0.4, 0.5) is 23.7 Å². The minimum Gasteiger partial charge on any atom is -0.486 e. The number of aromatic nitrogens is 2. The second kappa shape index (κ2) is 8.43. The van der Waals surface area contributed by atoms with E-state index in [0.29, 0.717) is 25.1 Å². The van der Waals surface area contributed by atoms with Gasteiger partial charge in [-0.25, -0.2) is 4.79 Å². The Balaban J connectivity index is 1.83. The van der Waals surface area contributed by atoms with Gasteiger partial charge < -0.3 is 9.47 Å². The molecule has 1 aliphatic heterocycles. The number of nitrogens with one attached hydrogen (secondary N) is 1. The number of benzene rings is 1. The maximum atomic E-state index is 13.4. The lowest BCUT2D eigenvalue weighted by Gasteiger charge is -2.25. The maximum Gasteiger partial charge on any atom is 0.433 e. The SMILES string of the molecule is CC(C)CC(Oc1ccc2c(c1)CCN2C(=O)OC(C)(C)C)c1cn[nH]c1C(F)(F)F. The van der Waals surface area contributed by atoms with Crippen molar-refractivity contribution in [1.82, 2.24) is 10.2 Å². The van der Waals surface area contributed by atoms with Crippen LogP contribution in [0.3, 0.4) is 0 Å². The Morgan fingerprint density at radius 2 is 1.97 bits per heavy atom. The van der Waals surface area contributed by atoms with E-state index >= 15 is 0 Å². The highest BCUT2D eigenvalue weighted by Gasteiger charge is 2.38. The van der Waals surface area contributed by atoms with Crippen molar-refractivity contribution >= 4 is 11.8 Å². The smallest absolute Gasteiger partial charge is 0.433 e. The zero-order chi connectivity index (χ0) is 23.0. The van der Waals surface area contributed by atoms with Crippen LogP contribution in [0, 0.1) is 5.92 Å². The van der Waals surface area contributed by atoms with E-state index in [9.17, 15) is 18.0 Å². The standard InChI is InChI=1S/C22H28F3N3O3/c1-13(2)10-18(16-12-26-27-19(16)22(23,24)25)30-15-6-7-17-14(11-15)8-9-28(17)20(29)31-21(3,4)5/h6-7,11-13,18H,8-10H2,1-5H3,(H,26,27). The Morgan fingerprint density at radius 1 is 1.26 bits per heavy atom. The van der Waals surface area contributed by atoms with Crippen molar-refractivity contribution in [3.8, 4) is 5.75 Å². The molecule has 1 N–H and O–H groups in total. The number of H-pyrrole nitrogens is 1. The molecule has 31 heavy (non-hydrogen) atoms. The van der Waals surface area contributed by atoms with Gasteiger partial charge in [0.25, 0.3) is 0 Å². The largest absolute Gasteiger partial charge is 0.486 e. The topological polar surface area (TPSA) is 67.4 Å². The molecule has 1 amide bonds. The molecule has 170 valence electrons. The van der Waals surface area contributed by atoms with Gasteiger partial charge in [-0.15, -0.1) is 0 Å². The Labute approximate surface area is 179 Å². The number of anilines is 1. The van der Waals surface area contributed by atoms with Crippen LogP contribution in [0.2, 0.25) is 0 Å². The number of alkyl halides is 3. The second-order valence-electron chi connectivity index (χ2n) is 9.11. The average Bonchev–Trinajstić information content (AvgIpc) is 3.26. The zero-order valence-electron chi connectivity index (χ0n) is 18.3. The van der Waals surface area contributed by atoms with E-state index in [4.69, 9.17) is 9.47 Å². The van der Waals surface area contributed by atoms with Gasteiger partial charge in [-0.3, -0.25) is 10.00 Å². The number of amides is 1. The van der Waals surface area contributed by atoms with Crippen molar-refractivity contribution in [2.45, 2.75) is 65.3 Å². The Hall–Kier alpha value is -2.71. The van der Waals surface area contributed by atoms with E-state index in [0.717, 1.165) is 11.3 Å². The molecule has 1 aromatic carbocycles. The summed E-state index contributed by atoms with van der Waals surface area (Å²) in [4.78, 5) is 14.0. The van der Waals surface area contributed by atoms with Crippen LogP contribution < -0.4 is 9.64 Å². The Bertz CT molecular complexity index is 932. The Kier molecular flexibility index (Phi) is 6.25. The molecule has 1 aliphatic rings. The summed E-state index contributed by atoms with van der Waals surface area (Å²) in [6, 6.07) is 5.19. The lowest BCUT2D eigenvalue weighted by molar-refractivity contribution is -0.142. The van der Waals surface area contributed by atoms with Crippen molar-refractivity contribution in [2.24, 2.45) is 5.92 Å². The fraction of sp³-hybridized carbons (Fsp3) is 0.545. The number of ether oxygens (including phenoxy) is 2. The van der Waals surface area contributed by atoms with Gasteiger partial charge in [-0.2, -0.15) is 18.3 Å². The summed E-state index contributed by atoms with van der Waals surface area (Å²) in [7, 11) is 0. The normalized spacial score (nSPS) is 15.2. The van der Waals surface area contributed by atoms with Gasteiger partial charge >= 0.3 is 12.3 Å². The third-order valence-corrected chi connectivity index (χ3v) is 4.82. The first-order chi connectivity index (χ1) is 14.3. The highest BCUT2D eigenvalue weighted by atomic mass is 19.4. The van der Waals surface area contributed by atoms with Crippen LogP contribution in [0.1, 0.15) is 64.0 Å². The third kappa shape index (κ3) is 5.51. The van der Waals surface area contributed by atoms with Crippen LogP contribution in [0.15, 0.2) is 24.4 Å². The van der Waals surface area contributed by atoms with E-state index in [-0.39, 0.29) is 11.5 Å². The molecule has 1 aromatic heterocycles. The first-order valence-corrected chi connectivity index (χ1v) is 10.3. The number of fused-ring (bicyclic) bond motifs is 1. The maximum absolute atomic E-state index is 13.4. The van der Waals surface area contributed by atoms with Gasteiger partial charge in [-0.1, -0.05) is 13.8 Å². The van der Waals surface area contributed by atoms with Gasteiger partial charge in [-0.05, 0) is 63.3 Å². The molecule has 3 rings (SSSR count). The van der Waals surface area contributed by atoms with Crippen LogP contribution in [-0.4, -0.2) is 28.4 Å². The molecule has 2 heterocycles. The van der Waals surface area contributed by atoms with E-state index in [1.807, 2.05) is 13.8 Å². The lowest BCUT2D eigenvalue weighted by Crippen LogP contribution is -2.35. The zero-order valence-corrected chi connectivity index (χ0v) is 18.3. The van der Waals surface area contributed by atoms with E-state index in [1.165, 1.54) is 6.20 Å². The predicted octanol–water partition coefficient (Wildman–Crippen LogP) is 5.89. The average molecular weight is 439 g/mol. The summed E-state index contributed by atoms with van der Waals surface area (Å²) in [5.74, 6) is 0.558. The van der Waals surface area contributed by atoms with Crippen molar-refractivity contribution < 1.29 is 27.4 Å². The number of aromatic amines is 1. The van der Waals surface area contributed by atoms with Gasteiger partial charge in [0.15, 0.2) is 0 Å². The number of hydrogen-bond acceptors (Lipinski definition) is 4. The molecular formula is C22H28F3N3O3. The molecule has 0 fully saturated rings. The summed E-state index contributed by atoms with van der Waals surface area (Å²) in [6.45, 7) is 9.73. The summed E-state index contributed by atoms with van der Waals surface area (Å²) >= 11 is 0. The number of rotatable bonds is 5. The van der Waals surface area contributed by atoms with Gasteiger partial charge in [0.2, 0.25) is 0 Å². The summed E-state index contributed by atoms with van der Waals surface area (Å²) in [5, 5.41) is 5.64. The molecule has 0 saturated carbocycles. The minimum atomic E-state index is -4.55. The molecule has 0 radical (unpaired) electrons. The van der Waals surface area contributed by atoms with Crippen molar-refractivity contribution in [3.05, 3.63) is 41.2 Å². The molecule has 2 aromatic rings. The van der Waals surface area contributed by atoms with Crippen molar-refractivity contribution in [1.29, 1.82) is 0 Å². The van der Waals surface area contributed by atoms with Gasteiger partial charge in [0.05, 0.1) is 11.9 Å². The Morgan fingerprint density at radius 3 is 2.58 bits per heavy atom. The number of nitrogens with zero attached hydrogens (tertiary/aromatic N) is 2. The monoisotopic (exact) mass is 439 g/mol. The molecule has 1 unspecified atom stereocenters. The molecule has 0 saturated heterocycles. The van der Waals surface area contributed by atoms with E-state index in [1.54, 1.807) is 43.9 Å². The molecule has 1 atom stereocenters. The van der Waals surface area contributed by atoms with Crippen LogP contribution in [0.25, 0.3) is 0 Å². The van der Waals surface area contributed by atoms with Crippen LogP contribution in [0.5, 0.6) is 5.75 Å². The van der Waals surface area contributed by atoms with Crippen LogP contribution in [-0.2, 0) is 17.3 Å². The highest BCUT2D eigenvalue weighted by Crippen LogP contribution is 2.38. The van der Waals surface area contributed by atoms with Gasteiger partial charge in [0, 0.05) is 12.1 Å². The third-order valence-electron chi connectivity index (χ3n) is 4.82. The summed E-state index contributed by atoms with van der Waals surface area (Å²) in [6.07, 6.45) is -3.60. The lowest BCUT2D eigenvalue weighted by atomic mass is 9.99. The number of carbonyl (C=O) groups is 1. The van der Waals surface area contributed by atoms with Crippen molar-refractivity contribution in [3.63, 3.8) is 0 Å². The molecule has 0 aliphatic carbocycles. The quantitative estimate of drug-likeness (QED) is 0.631. The molecule has 0 bridgehead atoms. The highest BCUT2D eigenvalue weighted by molar-refractivity contribution is 5.90. The number of halogens is 3. The number of carbonyl (C=O) groups excluding carboxylic acids is 1. The summed E-state index contributed by atoms with van der Waals surface area (Å²) < 4.78 is 51.5. The van der Waals surface area contributed by atoms with Crippen molar-refractivity contribution in [2.75, 3.05) is 11.4 Å². The van der Waals surface area contributed by atoms with Gasteiger partial charge in [0.1, 0.15) is 23.1 Å². The van der Waals surface area contributed by atoms with E-state index in [2.05, 4.69) is 10.2 Å². The summed E-state index contributed by atoms with van der Waals surface area (Å²) in [5.41, 5.74) is 0.0944. The molecular weight excluding hydrogens is 411 g/mol. The molecule has 0 spiro atoms. The number of hydrogen-bond donors (Lipinski definition) is 1. The predicted molar refractivity (Wildman–Crippen MR) is 110 cm³/mol. The first-order valence-electron chi connectivity index (χ1n) is 10.3. The van der Waals surface area contributed by atoms with E-state index < -0.39 is 29.7 Å².